The third kappa shape index (κ3) is 6.71. The Bertz CT molecular complexity index is 223. The molecule has 0 aromatic rings. The molecule has 0 aliphatic carbocycles. The quantitative estimate of drug-likeness (QED) is 0.367. The minimum absolute atomic E-state index is 0.257. The van der Waals surface area contributed by atoms with Crippen LogP contribution in [0, 0.1) is 5.92 Å². The fourth-order valence-electron chi connectivity index (χ4n) is 1.17. The fraction of sp³-hybridized carbons (Fsp3) is 0.636. The lowest BCUT2D eigenvalue weighted by Gasteiger charge is -2.09. The van der Waals surface area contributed by atoms with Gasteiger partial charge in [0.2, 0.25) is 0 Å². The summed E-state index contributed by atoms with van der Waals surface area (Å²) in [5.41, 5.74) is 0. The topological polar surface area (TPSA) is 52.6 Å². The molecule has 0 unspecified atom stereocenters. The first kappa shape index (κ1) is 13.7. The Hall–Kier alpha value is -1.32. The van der Waals surface area contributed by atoms with Gasteiger partial charge in [0.1, 0.15) is 0 Å². The van der Waals surface area contributed by atoms with Gasteiger partial charge in [0, 0.05) is 6.92 Å². The molecular weight excluding hydrogens is 196 g/mol. The first-order chi connectivity index (χ1) is 7.11. The molecule has 0 rings (SSSR count). The van der Waals surface area contributed by atoms with E-state index in [2.05, 4.69) is 11.3 Å². The molecule has 0 fully saturated rings. The van der Waals surface area contributed by atoms with E-state index in [9.17, 15) is 9.59 Å². The Balaban J connectivity index is 3.59. The van der Waals surface area contributed by atoms with Gasteiger partial charge in [-0.2, -0.15) is 0 Å². The van der Waals surface area contributed by atoms with Crippen LogP contribution in [-0.4, -0.2) is 25.7 Å². The maximum atomic E-state index is 11.1. The van der Waals surface area contributed by atoms with Gasteiger partial charge in [-0.25, -0.2) is 0 Å². The molecule has 0 N–H and O–H groups in total. The van der Waals surface area contributed by atoms with Gasteiger partial charge in [0.05, 0.1) is 19.6 Å². The minimum atomic E-state index is -0.275. The highest BCUT2D eigenvalue weighted by molar-refractivity contribution is 5.74. The van der Waals surface area contributed by atoms with Gasteiger partial charge in [0.25, 0.3) is 0 Å². The molecule has 0 aromatic carbocycles. The maximum Gasteiger partial charge on any atom is 0.312 e. The summed E-state index contributed by atoms with van der Waals surface area (Å²) in [5, 5.41) is 0. The Labute approximate surface area is 90.2 Å². The number of hydrogen-bond donors (Lipinski definition) is 0. The number of rotatable bonds is 7. The van der Waals surface area contributed by atoms with Crippen molar-refractivity contribution >= 4 is 11.9 Å². The lowest BCUT2D eigenvalue weighted by atomic mass is 10.0. The van der Waals surface area contributed by atoms with Crippen molar-refractivity contribution in [1.82, 2.24) is 0 Å². The second-order valence-corrected chi connectivity index (χ2v) is 3.20. The standard InChI is InChI=1S/C11H18O4/c1-4-10(11(13)14-3)7-5-6-8-15-9(2)12/h4,10H,1,5-8H2,2-3H3/t10-/m0/s1. The normalized spacial score (nSPS) is 11.6. The molecule has 0 heterocycles. The van der Waals surface area contributed by atoms with E-state index in [1.807, 2.05) is 0 Å². The van der Waals surface area contributed by atoms with Gasteiger partial charge in [-0.1, -0.05) is 6.08 Å². The van der Waals surface area contributed by atoms with Gasteiger partial charge in [-0.15, -0.1) is 6.58 Å². The second-order valence-electron chi connectivity index (χ2n) is 3.20. The summed E-state index contributed by atoms with van der Waals surface area (Å²) in [7, 11) is 1.36. The van der Waals surface area contributed by atoms with Crippen molar-refractivity contribution in [2.45, 2.75) is 26.2 Å². The van der Waals surface area contributed by atoms with E-state index in [0.29, 0.717) is 13.0 Å². The average molecular weight is 214 g/mol. The average Bonchev–Trinajstić information content (AvgIpc) is 2.22. The number of carbonyl (C=O) groups is 2. The summed E-state index contributed by atoms with van der Waals surface area (Å²) >= 11 is 0. The summed E-state index contributed by atoms with van der Waals surface area (Å²) in [4.78, 5) is 21.6. The largest absolute Gasteiger partial charge is 0.469 e. The highest BCUT2D eigenvalue weighted by Crippen LogP contribution is 2.11. The summed E-state index contributed by atoms with van der Waals surface area (Å²) < 4.78 is 9.37. The van der Waals surface area contributed by atoms with Gasteiger partial charge in [0.15, 0.2) is 0 Å². The van der Waals surface area contributed by atoms with Crippen LogP contribution in [0.3, 0.4) is 0 Å². The van der Waals surface area contributed by atoms with Crippen molar-refractivity contribution in [3.8, 4) is 0 Å². The van der Waals surface area contributed by atoms with E-state index in [4.69, 9.17) is 4.74 Å². The number of methoxy groups -OCH3 is 1. The first-order valence-corrected chi connectivity index (χ1v) is 4.95. The molecular formula is C11H18O4. The zero-order valence-corrected chi connectivity index (χ0v) is 9.32. The zero-order valence-electron chi connectivity index (χ0n) is 9.32. The van der Waals surface area contributed by atoms with Crippen LogP contribution >= 0.6 is 0 Å². The number of hydrogen-bond acceptors (Lipinski definition) is 4. The van der Waals surface area contributed by atoms with Crippen LogP contribution in [0.5, 0.6) is 0 Å². The van der Waals surface area contributed by atoms with E-state index in [1.165, 1.54) is 14.0 Å². The van der Waals surface area contributed by atoms with Crippen LogP contribution in [0.15, 0.2) is 12.7 Å². The monoisotopic (exact) mass is 214 g/mol. The smallest absolute Gasteiger partial charge is 0.312 e. The summed E-state index contributed by atoms with van der Waals surface area (Å²) in [6, 6.07) is 0. The lowest BCUT2D eigenvalue weighted by molar-refractivity contribution is -0.144. The minimum Gasteiger partial charge on any atom is -0.469 e. The molecule has 0 aliphatic heterocycles. The summed E-state index contributed by atoms with van der Waals surface area (Å²) in [6.07, 6.45) is 3.81. The van der Waals surface area contributed by atoms with Crippen molar-refractivity contribution in [2.75, 3.05) is 13.7 Å². The number of esters is 2. The fourth-order valence-corrected chi connectivity index (χ4v) is 1.17. The van der Waals surface area contributed by atoms with Crippen LogP contribution in [-0.2, 0) is 19.1 Å². The molecule has 4 nitrogen and oxygen atoms in total. The second kappa shape index (κ2) is 8.03. The number of unbranched alkanes of at least 4 members (excludes halogenated alkanes) is 1. The van der Waals surface area contributed by atoms with Crippen molar-refractivity contribution in [3.63, 3.8) is 0 Å². The summed E-state index contributed by atoms with van der Waals surface area (Å²) in [5.74, 6) is -0.798. The molecule has 0 amide bonds. The van der Waals surface area contributed by atoms with Crippen molar-refractivity contribution < 1.29 is 19.1 Å². The van der Waals surface area contributed by atoms with Crippen molar-refractivity contribution in [3.05, 3.63) is 12.7 Å². The molecule has 1 atom stereocenters. The molecule has 0 aromatic heterocycles. The van der Waals surface area contributed by atoms with Crippen LogP contribution in [0.4, 0.5) is 0 Å². The van der Waals surface area contributed by atoms with Crippen LogP contribution in [0.25, 0.3) is 0 Å². The molecule has 0 aliphatic rings. The predicted octanol–water partition coefficient (Wildman–Crippen LogP) is 1.70. The first-order valence-electron chi connectivity index (χ1n) is 4.95. The molecule has 0 saturated heterocycles. The SMILES string of the molecule is C=C[C@@H](CCCCOC(C)=O)C(=O)OC. The molecule has 0 spiro atoms. The predicted molar refractivity (Wildman–Crippen MR) is 56.2 cm³/mol. The van der Waals surface area contributed by atoms with Gasteiger partial charge < -0.3 is 9.47 Å². The molecule has 0 saturated carbocycles. The van der Waals surface area contributed by atoms with Gasteiger partial charge >= 0.3 is 11.9 Å². The third-order valence-corrected chi connectivity index (χ3v) is 2.00. The van der Waals surface area contributed by atoms with E-state index in [0.717, 1.165) is 12.8 Å². The highest BCUT2D eigenvalue weighted by Gasteiger charge is 2.14. The van der Waals surface area contributed by atoms with Gasteiger partial charge in [-0.3, -0.25) is 9.59 Å². The Morgan fingerprint density at radius 3 is 2.53 bits per heavy atom. The van der Waals surface area contributed by atoms with Crippen LogP contribution in [0.1, 0.15) is 26.2 Å². The molecule has 0 bridgehead atoms. The highest BCUT2D eigenvalue weighted by atomic mass is 16.5. The molecule has 4 heteroatoms. The van der Waals surface area contributed by atoms with Crippen molar-refractivity contribution in [2.24, 2.45) is 5.92 Å². The molecule has 86 valence electrons. The Morgan fingerprint density at radius 2 is 2.07 bits per heavy atom. The van der Waals surface area contributed by atoms with E-state index < -0.39 is 0 Å². The lowest BCUT2D eigenvalue weighted by Crippen LogP contribution is -2.13. The van der Waals surface area contributed by atoms with Crippen molar-refractivity contribution in [1.29, 1.82) is 0 Å². The third-order valence-electron chi connectivity index (χ3n) is 2.00. The molecule has 0 radical (unpaired) electrons. The Kier molecular flexibility index (Phi) is 7.32. The van der Waals surface area contributed by atoms with E-state index in [-0.39, 0.29) is 17.9 Å². The van der Waals surface area contributed by atoms with Crippen LogP contribution in [0.2, 0.25) is 0 Å². The maximum absolute atomic E-state index is 11.1. The van der Waals surface area contributed by atoms with E-state index in [1.54, 1.807) is 6.08 Å². The zero-order chi connectivity index (χ0) is 11.7. The summed E-state index contributed by atoms with van der Waals surface area (Å²) in [6.45, 7) is 5.35. The number of carbonyl (C=O) groups excluding carboxylic acids is 2. The molecule has 15 heavy (non-hydrogen) atoms. The number of ether oxygens (including phenoxy) is 2. The van der Waals surface area contributed by atoms with Gasteiger partial charge in [-0.05, 0) is 19.3 Å². The van der Waals surface area contributed by atoms with Crippen LogP contribution < -0.4 is 0 Å². The Morgan fingerprint density at radius 1 is 1.40 bits per heavy atom. The van der Waals surface area contributed by atoms with E-state index >= 15 is 0 Å².